The molecule has 7 heteroatoms. The van der Waals surface area contributed by atoms with Gasteiger partial charge in [0.25, 0.3) is 0 Å². The normalized spacial score (nSPS) is 10.8. The zero-order valence-electron chi connectivity index (χ0n) is 12.9. The maximum Gasteiger partial charge on any atom is 0.191 e. The van der Waals surface area contributed by atoms with Gasteiger partial charge in [0.15, 0.2) is 11.0 Å². The van der Waals surface area contributed by atoms with E-state index in [-0.39, 0.29) is 0 Å². The van der Waals surface area contributed by atoms with Crippen LogP contribution in [0, 0.1) is 0 Å². The molecule has 24 heavy (non-hydrogen) atoms. The van der Waals surface area contributed by atoms with Gasteiger partial charge in [-0.25, -0.2) is 0 Å². The number of ether oxygens (including phenoxy) is 1. The van der Waals surface area contributed by atoms with Gasteiger partial charge in [-0.15, -0.1) is 10.2 Å². The maximum atomic E-state index is 6.23. The SMILES string of the molecule is Cn1c(SCCOc2ccccc2Cl)nnc1-c1ccccc1Cl. The van der Waals surface area contributed by atoms with Gasteiger partial charge in [0.1, 0.15) is 5.75 Å². The third kappa shape index (κ3) is 3.86. The fraction of sp³-hybridized carbons (Fsp3) is 0.176. The van der Waals surface area contributed by atoms with Crippen LogP contribution in [0.3, 0.4) is 0 Å². The summed E-state index contributed by atoms with van der Waals surface area (Å²) in [5, 5.41) is 10.6. The van der Waals surface area contributed by atoms with Crippen LogP contribution in [0.25, 0.3) is 11.4 Å². The molecule has 0 N–H and O–H groups in total. The minimum atomic E-state index is 0.530. The van der Waals surface area contributed by atoms with Gasteiger partial charge < -0.3 is 9.30 Å². The van der Waals surface area contributed by atoms with Crippen LogP contribution in [-0.4, -0.2) is 27.1 Å². The first-order valence-electron chi connectivity index (χ1n) is 7.31. The van der Waals surface area contributed by atoms with E-state index in [1.54, 1.807) is 11.8 Å². The summed E-state index contributed by atoms with van der Waals surface area (Å²) in [7, 11) is 1.93. The van der Waals surface area contributed by atoms with Crippen molar-refractivity contribution in [3.63, 3.8) is 0 Å². The van der Waals surface area contributed by atoms with Crippen LogP contribution in [0.4, 0.5) is 0 Å². The number of hydrogen-bond acceptors (Lipinski definition) is 4. The summed E-state index contributed by atoms with van der Waals surface area (Å²) in [5.41, 5.74) is 0.869. The largest absolute Gasteiger partial charge is 0.491 e. The quantitative estimate of drug-likeness (QED) is 0.448. The van der Waals surface area contributed by atoms with E-state index in [9.17, 15) is 0 Å². The zero-order valence-corrected chi connectivity index (χ0v) is 15.3. The third-order valence-electron chi connectivity index (χ3n) is 3.36. The van der Waals surface area contributed by atoms with Crippen molar-refractivity contribution in [1.82, 2.24) is 14.8 Å². The standard InChI is InChI=1S/C17H15Cl2N3OS/c1-22-16(12-6-2-3-7-13(12)18)20-21-17(22)24-11-10-23-15-9-5-4-8-14(15)19/h2-9H,10-11H2,1H3. The van der Waals surface area contributed by atoms with Crippen molar-refractivity contribution < 1.29 is 4.74 Å². The van der Waals surface area contributed by atoms with Crippen LogP contribution in [0.2, 0.25) is 10.0 Å². The average Bonchev–Trinajstić information content (AvgIpc) is 2.94. The van der Waals surface area contributed by atoms with Crippen LogP contribution < -0.4 is 4.74 Å². The summed E-state index contributed by atoms with van der Waals surface area (Å²) in [5.74, 6) is 2.17. The summed E-state index contributed by atoms with van der Waals surface area (Å²) < 4.78 is 7.61. The van der Waals surface area contributed by atoms with Crippen LogP contribution in [0.1, 0.15) is 0 Å². The predicted octanol–water partition coefficient (Wildman–Crippen LogP) is 4.96. The number of hydrogen-bond donors (Lipinski definition) is 0. The first-order valence-corrected chi connectivity index (χ1v) is 9.05. The average molecular weight is 380 g/mol. The highest BCUT2D eigenvalue weighted by molar-refractivity contribution is 7.99. The van der Waals surface area contributed by atoms with Crippen molar-refractivity contribution in [1.29, 1.82) is 0 Å². The number of nitrogens with zero attached hydrogens (tertiary/aromatic N) is 3. The molecule has 1 heterocycles. The second kappa shape index (κ2) is 7.92. The van der Waals surface area contributed by atoms with Crippen LogP contribution in [0.15, 0.2) is 53.7 Å². The second-order valence-electron chi connectivity index (χ2n) is 4.97. The summed E-state index contributed by atoms with van der Waals surface area (Å²) in [4.78, 5) is 0. The molecule has 3 rings (SSSR count). The van der Waals surface area contributed by atoms with Crippen molar-refractivity contribution in [2.75, 3.05) is 12.4 Å². The van der Waals surface area contributed by atoms with Gasteiger partial charge >= 0.3 is 0 Å². The number of thioether (sulfide) groups is 1. The van der Waals surface area contributed by atoms with Crippen molar-refractivity contribution >= 4 is 35.0 Å². The minimum absolute atomic E-state index is 0.530. The molecule has 0 aliphatic rings. The van der Waals surface area contributed by atoms with Crippen LogP contribution >= 0.6 is 35.0 Å². The molecule has 3 aromatic rings. The lowest BCUT2D eigenvalue weighted by molar-refractivity contribution is 0.344. The molecule has 0 saturated heterocycles. The predicted molar refractivity (Wildman–Crippen MR) is 99.1 cm³/mol. The van der Waals surface area contributed by atoms with Gasteiger partial charge in [-0.1, -0.05) is 59.2 Å². The monoisotopic (exact) mass is 379 g/mol. The van der Waals surface area contributed by atoms with Gasteiger partial charge in [-0.05, 0) is 24.3 Å². The molecule has 0 bridgehead atoms. The Morgan fingerprint density at radius 1 is 1.00 bits per heavy atom. The molecule has 0 amide bonds. The number of aromatic nitrogens is 3. The Labute approximate surface area is 154 Å². The van der Waals surface area contributed by atoms with Crippen molar-refractivity contribution in [2.24, 2.45) is 7.05 Å². The Kier molecular flexibility index (Phi) is 5.66. The Hall–Kier alpha value is -1.69. The minimum Gasteiger partial charge on any atom is -0.491 e. The smallest absolute Gasteiger partial charge is 0.191 e. The summed E-state index contributed by atoms with van der Waals surface area (Å²) >= 11 is 13.9. The van der Waals surface area contributed by atoms with E-state index < -0.39 is 0 Å². The van der Waals surface area contributed by atoms with E-state index in [1.165, 1.54) is 0 Å². The molecule has 4 nitrogen and oxygen atoms in total. The lowest BCUT2D eigenvalue weighted by atomic mass is 10.2. The Bertz CT molecular complexity index is 838. The maximum absolute atomic E-state index is 6.23. The van der Waals surface area contributed by atoms with E-state index in [0.29, 0.717) is 22.4 Å². The number of benzene rings is 2. The van der Waals surface area contributed by atoms with Crippen molar-refractivity contribution in [2.45, 2.75) is 5.16 Å². The molecule has 2 aromatic carbocycles. The Morgan fingerprint density at radius 2 is 1.71 bits per heavy atom. The second-order valence-corrected chi connectivity index (χ2v) is 6.85. The Morgan fingerprint density at radius 3 is 2.46 bits per heavy atom. The highest BCUT2D eigenvalue weighted by Gasteiger charge is 2.13. The number of para-hydroxylation sites is 1. The molecule has 0 spiro atoms. The summed E-state index contributed by atoms with van der Waals surface area (Å²) in [6, 6.07) is 15.0. The van der Waals surface area contributed by atoms with Crippen molar-refractivity contribution in [3.8, 4) is 17.1 Å². The lowest BCUT2D eigenvalue weighted by Gasteiger charge is -2.08. The van der Waals surface area contributed by atoms with E-state index >= 15 is 0 Å². The highest BCUT2D eigenvalue weighted by atomic mass is 35.5. The third-order valence-corrected chi connectivity index (χ3v) is 4.98. The molecule has 0 radical (unpaired) electrons. The molecule has 0 saturated carbocycles. The van der Waals surface area contributed by atoms with Gasteiger partial charge in [-0.2, -0.15) is 0 Å². The van der Waals surface area contributed by atoms with E-state index in [0.717, 1.165) is 22.3 Å². The first kappa shape index (κ1) is 17.1. The molecule has 0 fully saturated rings. The fourth-order valence-corrected chi connectivity index (χ4v) is 3.30. The molecule has 124 valence electrons. The number of halogens is 2. The molecule has 0 atom stereocenters. The van der Waals surface area contributed by atoms with E-state index in [4.69, 9.17) is 27.9 Å². The van der Waals surface area contributed by atoms with Gasteiger partial charge in [0.2, 0.25) is 0 Å². The molecule has 0 unspecified atom stereocenters. The first-order chi connectivity index (χ1) is 11.7. The van der Waals surface area contributed by atoms with Gasteiger partial charge in [0, 0.05) is 18.4 Å². The van der Waals surface area contributed by atoms with Crippen LogP contribution in [0.5, 0.6) is 5.75 Å². The van der Waals surface area contributed by atoms with E-state index in [2.05, 4.69) is 10.2 Å². The van der Waals surface area contributed by atoms with Gasteiger partial charge in [0.05, 0.1) is 16.7 Å². The summed E-state index contributed by atoms with van der Waals surface area (Å²) in [6.07, 6.45) is 0. The molecule has 1 aromatic heterocycles. The van der Waals surface area contributed by atoms with Crippen molar-refractivity contribution in [3.05, 3.63) is 58.6 Å². The molecule has 0 aliphatic carbocycles. The topological polar surface area (TPSA) is 39.9 Å². The number of rotatable bonds is 6. The van der Waals surface area contributed by atoms with Crippen LogP contribution in [-0.2, 0) is 7.05 Å². The highest BCUT2D eigenvalue weighted by Crippen LogP contribution is 2.28. The molecule has 0 aliphatic heterocycles. The van der Waals surface area contributed by atoms with E-state index in [1.807, 2.05) is 60.1 Å². The molecular formula is C17H15Cl2N3OS. The Balaban J connectivity index is 1.61. The van der Waals surface area contributed by atoms with Gasteiger partial charge in [-0.3, -0.25) is 0 Å². The molecular weight excluding hydrogens is 365 g/mol. The summed E-state index contributed by atoms with van der Waals surface area (Å²) in [6.45, 7) is 0.530. The zero-order chi connectivity index (χ0) is 16.9. The lowest BCUT2D eigenvalue weighted by Crippen LogP contribution is -2.02. The fourth-order valence-electron chi connectivity index (χ4n) is 2.16.